The van der Waals surface area contributed by atoms with E-state index in [1.807, 2.05) is 6.92 Å². The third kappa shape index (κ3) is 12.0. The van der Waals surface area contributed by atoms with Crippen LogP contribution < -0.4 is 0 Å². The second-order valence-corrected chi connectivity index (χ2v) is 3.67. The summed E-state index contributed by atoms with van der Waals surface area (Å²) in [4.78, 5) is 10.8. The van der Waals surface area contributed by atoms with E-state index >= 15 is 0 Å². The quantitative estimate of drug-likeness (QED) is 0.660. The van der Waals surface area contributed by atoms with Crippen molar-refractivity contribution in [2.45, 2.75) is 58.8 Å². The van der Waals surface area contributed by atoms with Gasteiger partial charge >= 0.3 is 5.97 Å². The van der Waals surface area contributed by atoms with Crippen molar-refractivity contribution in [1.82, 2.24) is 0 Å². The van der Waals surface area contributed by atoms with E-state index in [9.17, 15) is 4.79 Å². The van der Waals surface area contributed by atoms with Crippen molar-refractivity contribution in [2.24, 2.45) is 5.92 Å². The van der Waals surface area contributed by atoms with Crippen LogP contribution in [0.3, 0.4) is 0 Å². The van der Waals surface area contributed by atoms with Crippen LogP contribution in [0.25, 0.3) is 0 Å². The normalized spacial score (nSPS) is 11.1. The van der Waals surface area contributed by atoms with Crippen molar-refractivity contribution in [3.05, 3.63) is 0 Å². The Hall–Kier alpha value is 0.0500. The van der Waals surface area contributed by atoms with Gasteiger partial charge in [-0.1, -0.05) is 46.0 Å². The molecule has 0 aromatic heterocycles. The van der Waals surface area contributed by atoms with Gasteiger partial charge in [0.1, 0.15) is 0 Å². The number of hydrogen-bond acceptors (Lipinski definition) is 1. The molecule has 1 N–H and O–H groups in total. The maximum Gasteiger partial charge on any atom is 0.306 e. The second kappa shape index (κ2) is 14.1. The first kappa shape index (κ1) is 20.5. The Kier molecular flexibility index (Phi) is 19.2. The molecular weight excluding hydrogens is 235 g/mol. The summed E-state index contributed by atoms with van der Waals surface area (Å²) in [6.45, 7) is 4.21. The molecule has 4 heteroatoms. The summed E-state index contributed by atoms with van der Waals surface area (Å²) < 4.78 is 0. The van der Waals surface area contributed by atoms with Crippen LogP contribution in [0.15, 0.2) is 0 Å². The lowest BCUT2D eigenvalue weighted by atomic mass is 9.96. The van der Waals surface area contributed by atoms with Gasteiger partial charge in [-0.3, -0.25) is 4.79 Å². The number of carboxylic acids is 1. The van der Waals surface area contributed by atoms with Gasteiger partial charge in [-0.15, -0.1) is 24.8 Å². The first-order valence-electron chi connectivity index (χ1n) is 5.45. The van der Waals surface area contributed by atoms with Crippen LogP contribution in [-0.2, 0) is 4.79 Å². The molecule has 1 atom stereocenters. The van der Waals surface area contributed by atoms with Crippen LogP contribution in [0.4, 0.5) is 0 Å². The van der Waals surface area contributed by atoms with E-state index in [2.05, 4.69) is 6.92 Å². The minimum absolute atomic E-state index is 0. The van der Waals surface area contributed by atoms with Crippen molar-refractivity contribution in [3.8, 4) is 0 Å². The van der Waals surface area contributed by atoms with Gasteiger partial charge in [-0.05, 0) is 12.8 Å². The lowest BCUT2D eigenvalue weighted by molar-refractivity contribution is -0.142. The molecule has 0 aromatic rings. The number of hydrogen-bond donors (Lipinski definition) is 1. The van der Waals surface area contributed by atoms with Crippen molar-refractivity contribution >= 4 is 30.8 Å². The lowest BCUT2D eigenvalue weighted by Crippen LogP contribution is -2.13. The van der Waals surface area contributed by atoms with E-state index in [1.54, 1.807) is 0 Å². The summed E-state index contributed by atoms with van der Waals surface area (Å²) >= 11 is 0. The molecule has 0 rings (SSSR count). The molecule has 94 valence electrons. The van der Waals surface area contributed by atoms with E-state index in [4.69, 9.17) is 5.11 Å². The zero-order valence-electron chi connectivity index (χ0n) is 9.70. The average Bonchev–Trinajstić information content (AvgIpc) is 2.10. The zero-order chi connectivity index (χ0) is 10.1. The summed E-state index contributed by atoms with van der Waals surface area (Å²) in [5.41, 5.74) is 0. The fourth-order valence-corrected chi connectivity index (χ4v) is 1.56. The molecule has 0 bridgehead atoms. The van der Waals surface area contributed by atoms with Crippen molar-refractivity contribution in [2.75, 3.05) is 0 Å². The molecule has 0 aliphatic heterocycles. The van der Waals surface area contributed by atoms with Crippen molar-refractivity contribution in [3.63, 3.8) is 0 Å². The van der Waals surface area contributed by atoms with E-state index in [0.29, 0.717) is 0 Å². The highest BCUT2D eigenvalue weighted by Gasteiger charge is 2.14. The van der Waals surface area contributed by atoms with Crippen molar-refractivity contribution in [1.29, 1.82) is 0 Å². The van der Waals surface area contributed by atoms with E-state index in [1.165, 1.54) is 19.3 Å². The molecule has 0 radical (unpaired) electrons. The second-order valence-electron chi connectivity index (χ2n) is 3.67. The molecule has 0 saturated heterocycles. The predicted molar refractivity (Wildman–Crippen MR) is 69.3 cm³/mol. The SMILES string of the molecule is CCCCCCC(CCC)C(=O)O.Cl.Cl. The lowest BCUT2D eigenvalue weighted by Gasteiger charge is -2.09. The standard InChI is InChI=1S/C11H22O2.2ClH/c1-3-5-6-7-9-10(8-4-2)11(12)13;;/h10H,3-9H2,1-2H3,(H,12,13);2*1H. The van der Waals surface area contributed by atoms with E-state index in [0.717, 1.165) is 25.7 Å². The van der Waals surface area contributed by atoms with Crippen LogP contribution in [0, 0.1) is 5.92 Å². The van der Waals surface area contributed by atoms with Crippen LogP contribution in [-0.4, -0.2) is 11.1 Å². The Morgan fingerprint density at radius 2 is 1.60 bits per heavy atom. The van der Waals surface area contributed by atoms with Gasteiger partial charge in [0.15, 0.2) is 0 Å². The molecule has 2 nitrogen and oxygen atoms in total. The van der Waals surface area contributed by atoms with Gasteiger partial charge in [-0.25, -0.2) is 0 Å². The summed E-state index contributed by atoms with van der Waals surface area (Å²) in [6.07, 6.45) is 7.38. The molecule has 1 unspecified atom stereocenters. The third-order valence-corrected chi connectivity index (χ3v) is 2.39. The molecule has 0 aromatic carbocycles. The average molecular weight is 259 g/mol. The molecule has 0 spiro atoms. The van der Waals surface area contributed by atoms with Crippen LogP contribution in [0.2, 0.25) is 0 Å². The van der Waals surface area contributed by atoms with Gasteiger partial charge in [0.25, 0.3) is 0 Å². The minimum atomic E-state index is -0.613. The number of carbonyl (C=O) groups is 1. The van der Waals surface area contributed by atoms with Gasteiger partial charge in [-0.2, -0.15) is 0 Å². The number of unbranched alkanes of at least 4 members (excludes halogenated alkanes) is 3. The molecule has 0 aliphatic carbocycles. The topological polar surface area (TPSA) is 37.3 Å². The molecule has 15 heavy (non-hydrogen) atoms. The Labute approximate surface area is 106 Å². The molecule has 0 fully saturated rings. The van der Waals surface area contributed by atoms with Crippen LogP contribution in [0.5, 0.6) is 0 Å². The fourth-order valence-electron chi connectivity index (χ4n) is 1.56. The Balaban J connectivity index is -0.000000720. The first-order chi connectivity index (χ1) is 6.22. The maximum absolute atomic E-state index is 10.8. The van der Waals surface area contributed by atoms with Gasteiger partial charge in [0, 0.05) is 0 Å². The molecular formula is C11H24Cl2O2. The Morgan fingerprint density at radius 3 is 2.00 bits per heavy atom. The first-order valence-corrected chi connectivity index (χ1v) is 5.45. The number of aliphatic carboxylic acids is 1. The maximum atomic E-state index is 10.8. The summed E-state index contributed by atoms with van der Waals surface area (Å²) in [5, 5.41) is 8.86. The van der Waals surface area contributed by atoms with E-state index < -0.39 is 5.97 Å². The molecule has 0 saturated carbocycles. The summed E-state index contributed by atoms with van der Waals surface area (Å²) in [7, 11) is 0. The summed E-state index contributed by atoms with van der Waals surface area (Å²) in [5.74, 6) is -0.708. The highest BCUT2D eigenvalue weighted by Crippen LogP contribution is 2.16. The predicted octanol–water partition coefficient (Wildman–Crippen LogP) is 4.30. The van der Waals surface area contributed by atoms with Gasteiger partial charge in [0.05, 0.1) is 5.92 Å². The van der Waals surface area contributed by atoms with Gasteiger partial charge < -0.3 is 5.11 Å². The highest BCUT2D eigenvalue weighted by atomic mass is 35.5. The largest absolute Gasteiger partial charge is 0.481 e. The number of carboxylic acid groups (broad SMARTS) is 1. The molecule has 0 heterocycles. The summed E-state index contributed by atoms with van der Waals surface area (Å²) in [6, 6.07) is 0. The molecule has 0 amide bonds. The number of rotatable bonds is 8. The van der Waals surface area contributed by atoms with Crippen LogP contribution in [0.1, 0.15) is 58.8 Å². The van der Waals surface area contributed by atoms with Gasteiger partial charge in [0.2, 0.25) is 0 Å². The zero-order valence-corrected chi connectivity index (χ0v) is 11.3. The fraction of sp³-hybridized carbons (Fsp3) is 0.909. The smallest absolute Gasteiger partial charge is 0.306 e. The highest BCUT2D eigenvalue weighted by molar-refractivity contribution is 5.85. The van der Waals surface area contributed by atoms with Crippen molar-refractivity contribution < 1.29 is 9.90 Å². The minimum Gasteiger partial charge on any atom is -0.481 e. The Morgan fingerprint density at radius 1 is 1.00 bits per heavy atom. The third-order valence-electron chi connectivity index (χ3n) is 2.39. The van der Waals surface area contributed by atoms with E-state index in [-0.39, 0.29) is 30.7 Å². The molecule has 0 aliphatic rings. The number of halogens is 2. The van der Waals surface area contributed by atoms with Crippen LogP contribution >= 0.6 is 24.8 Å². The monoisotopic (exact) mass is 258 g/mol. The Bertz CT molecular complexity index is 141.